The van der Waals surface area contributed by atoms with Crippen molar-refractivity contribution in [3.05, 3.63) is 119 Å². The molecule has 0 aliphatic heterocycles. The van der Waals surface area contributed by atoms with Crippen LogP contribution in [-0.2, 0) is 21.0 Å². The number of esters is 2. The minimum atomic E-state index is -0.327. The number of carbonyl (C=O) groups excluding carboxylic acids is 2. The number of hydrogen-bond acceptors (Lipinski definition) is 7. The lowest BCUT2D eigenvalue weighted by molar-refractivity contribution is 0.0592. The summed E-state index contributed by atoms with van der Waals surface area (Å²) >= 11 is 3.44. The van der Waals surface area contributed by atoms with E-state index in [1.165, 1.54) is 14.2 Å². The van der Waals surface area contributed by atoms with Crippen LogP contribution in [0.25, 0.3) is 0 Å². The number of benzene rings is 4. The molecular weight excluding hydrogens is 504 g/mol. The molecular formula is C30H26O5S2. The summed E-state index contributed by atoms with van der Waals surface area (Å²) in [5.41, 5.74) is 3.37. The van der Waals surface area contributed by atoms with Gasteiger partial charge in [-0.25, -0.2) is 9.59 Å². The molecule has 0 saturated carbocycles. The number of thioether (sulfide) groups is 2. The summed E-state index contributed by atoms with van der Waals surface area (Å²) < 4.78 is 15.5. The van der Waals surface area contributed by atoms with Gasteiger partial charge in [0, 0.05) is 21.3 Å². The summed E-state index contributed by atoms with van der Waals surface area (Å²) in [7, 11) is 2.76. The van der Waals surface area contributed by atoms with Crippen LogP contribution in [0.1, 0.15) is 31.8 Å². The van der Waals surface area contributed by atoms with Crippen molar-refractivity contribution in [2.75, 3.05) is 14.2 Å². The third-order valence-corrected chi connectivity index (χ3v) is 7.61. The predicted molar refractivity (Wildman–Crippen MR) is 148 cm³/mol. The van der Waals surface area contributed by atoms with Crippen LogP contribution in [0.4, 0.5) is 0 Å². The Bertz CT molecular complexity index is 1210. The second kappa shape index (κ2) is 13.0. The number of hydrogen-bond donors (Lipinski definition) is 0. The first-order valence-corrected chi connectivity index (χ1v) is 13.5. The highest BCUT2D eigenvalue weighted by Gasteiger charge is 2.06. The van der Waals surface area contributed by atoms with Crippen LogP contribution in [-0.4, -0.2) is 26.2 Å². The van der Waals surface area contributed by atoms with Gasteiger partial charge in [-0.05, 0) is 83.9 Å². The zero-order chi connectivity index (χ0) is 26.0. The summed E-state index contributed by atoms with van der Waals surface area (Å²) in [6, 6.07) is 30.9. The highest BCUT2D eigenvalue weighted by Crippen LogP contribution is 2.30. The third kappa shape index (κ3) is 7.65. The quantitative estimate of drug-likeness (QED) is 0.154. The molecule has 4 aromatic carbocycles. The van der Waals surface area contributed by atoms with Crippen LogP contribution in [0.5, 0.6) is 11.5 Å². The first-order chi connectivity index (χ1) is 18.0. The maximum atomic E-state index is 11.5. The minimum Gasteiger partial charge on any atom is -0.465 e. The zero-order valence-corrected chi connectivity index (χ0v) is 22.1. The summed E-state index contributed by atoms with van der Waals surface area (Å²) in [5.74, 6) is 2.50. The van der Waals surface area contributed by atoms with Gasteiger partial charge in [-0.1, -0.05) is 24.3 Å². The summed E-state index contributed by atoms with van der Waals surface area (Å²) in [5, 5.41) is 0. The van der Waals surface area contributed by atoms with E-state index in [0.29, 0.717) is 11.1 Å². The SMILES string of the molecule is COC(=O)c1ccc(CSc2ccc(Oc3ccc(SCc4ccc(C(=O)OC)cc4)cc3)cc2)cc1. The normalized spacial score (nSPS) is 10.5. The van der Waals surface area contributed by atoms with E-state index in [-0.39, 0.29) is 11.9 Å². The van der Waals surface area contributed by atoms with E-state index in [1.807, 2.05) is 72.8 Å². The average Bonchev–Trinajstić information content (AvgIpc) is 2.96. The Balaban J connectivity index is 1.24. The van der Waals surface area contributed by atoms with Crippen LogP contribution >= 0.6 is 23.5 Å². The molecule has 0 aliphatic rings. The second-order valence-corrected chi connectivity index (χ2v) is 10.1. The molecule has 0 spiro atoms. The Hall–Kier alpha value is -3.68. The van der Waals surface area contributed by atoms with Gasteiger partial charge in [0.1, 0.15) is 11.5 Å². The Labute approximate surface area is 225 Å². The van der Waals surface area contributed by atoms with Crippen molar-refractivity contribution in [1.29, 1.82) is 0 Å². The Morgan fingerprint density at radius 3 is 1.22 bits per heavy atom. The lowest BCUT2D eigenvalue weighted by Crippen LogP contribution is -2.00. The van der Waals surface area contributed by atoms with Gasteiger partial charge in [0.2, 0.25) is 0 Å². The molecule has 5 nitrogen and oxygen atoms in total. The molecule has 188 valence electrons. The minimum absolute atomic E-state index is 0.327. The highest BCUT2D eigenvalue weighted by molar-refractivity contribution is 7.98. The van der Waals surface area contributed by atoms with Crippen molar-refractivity contribution in [2.45, 2.75) is 21.3 Å². The van der Waals surface area contributed by atoms with E-state index in [2.05, 4.69) is 0 Å². The number of carbonyl (C=O) groups is 2. The van der Waals surface area contributed by atoms with E-state index in [4.69, 9.17) is 14.2 Å². The van der Waals surface area contributed by atoms with Gasteiger partial charge < -0.3 is 14.2 Å². The van der Waals surface area contributed by atoms with E-state index in [9.17, 15) is 9.59 Å². The zero-order valence-electron chi connectivity index (χ0n) is 20.5. The predicted octanol–water partition coefficient (Wildman–Crippen LogP) is 7.64. The molecule has 0 amide bonds. The van der Waals surface area contributed by atoms with E-state index in [1.54, 1.807) is 47.8 Å². The molecule has 0 aromatic heterocycles. The van der Waals surface area contributed by atoms with Crippen LogP contribution in [0, 0.1) is 0 Å². The van der Waals surface area contributed by atoms with Gasteiger partial charge >= 0.3 is 11.9 Å². The second-order valence-electron chi connectivity index (χ2n) is 8.00. The fourth-order valence-electron chi connectivity index (χ4n) is 3.39. The molecule has 0 atom stereocenters. The Kier molecular flexibility index (Phi) is 9.29. The number of rotatable bonds is 10. The summed E-state index contributed by atoms with van der Waals surface area (Å²) in [6.07, 6.45) is 0. The van der Waals surface area contributed by atoms with Gasteiger partial charge in [0.25, 0.3) is 0 Å². The maximum Gasteiger partial charge on any atom is 0.337 e. The van der Waals surface area contributed by atoms with Gasteiger partial charge in [-0.3, -0.25) is 0 Å². The molecule has 0 saturated heterocycles. The maximum absolute atomic E-state index is 11.5. The van der Waals surface area contributed by atoms with Gasteiger partial charge in [0.15, 0.2) is 0 Å². The molecule has 0 radical (unpaired) electrons. The smallest absolute Gasteiger partial charge is 0.337 e. The van der Waals surface area contributed by atoms with E-state index >= 15 is 0 Å². The van der Waals surface area contributed by atoms with E-state index in [0.717, 1.165) is 43.9 Å². The molecule has 4 rings (SSSR count). The van der Waals surface area contributed by atoms with Gasteiger partial charge in [0.05, 0.1) is 25.3 Å². The lowest BCUT2D eigenvalue weighted by atomic mass is 10.1. The van der Waals surface area contributed by atoms with Crippen LogP contribution in [0.15, 0.2) is 107 Å². The van der Waals surface area contributed by atoms with Crippen LogP contribution in [0.3, 0.4) is 0 Å². The monoisotopic (exact) mass is 530 g/mol. The van der Waals surface area contributed by atoms with Gasteiger partial charge in [-0.2, -0.15) is 0 Å². The summed E-state index contributed by atoms with van der Waals surface area (Å²) in [4.78, 5) is 25.4. The molecule has 7 heteroatoms. The largest absolute Gasteiger partial charge is 0.465 e. The first-order valence-electron chi connectivity index (χ1n) is 11.5. The molecule has 0 heterocycles. The molecule has 0 bridgehead atoms. The molecule has 4 aromatic rings. The van der Waals surface area contributed by atoms with Crippen molar-refractivity contribution >= 4 is 35.5 Å². The molecule has 0 fully saturated rings. The molecule has 0 unspecified atom stereocenters. The van der Waals surface area contributed by atoms with Crippen molar-refractivity contribution in [3.8, 4) is 11.5 Å². The number of methoxy groups -OCH3 is 2. The van der Waals surface area contributed by atoms with Crippen molar-refractivity contribution in [1.82, 2.24) is 0 Å². The van der Waals surface area contributed by atoms with Crippen molar-refractivity contribution < 1.29 is 23.8 Å². The first kappa shape index (κ1) is 26.4. The topological polar surface area (TPSA) is 61.8 Å². The molecule has 0 aliphatic carbocycles. The van der Waals surface area contributed by atoms with E-state index < -0.39 is 0 Å². The van der Waals surface area contributed by atoms with Crippen LogP contribution < -0.4 is 4.74 Å². The fourth-order valence-corrected chi connectivity index (χ4v) is 5.10. The number of ether oxygens (including phenoxy) is 3. The Morgan fingerprint density at radius 1 is 0.541 bits per heavy atom. The third-order valence-electron chi connectivity index (χ3n) is 5.44. The summed E-state index contributed by atoms with van der Waals surface area (Å²) in [6.45, 7) is 0. The molecule has 37 heavy (non-hydrogen) atoms. The average molecular weight is 531 g/mol. The standard InChI is InChI=1S/C30H26O5S2/c1-33-29(31)23-7-3-21(4-8-23)19-36-27-15-11-25(12-16-27)35-26-13-17-28(18-14-26)37-20-22-5-9-24(10-6-22)30(32)34-2/h3-18H,19-20H2,1-2H3. The van der Waals surface area contributed by atoms with Crippen molar-refractivity contribution in [3.63, 3.8) is 0 Å². The highest BCUT2D eigenvalue weighted by atomic mass is 32.2. The molecule has 0 N–H and O–H groups in total. The fraction of sp³-hybridized carbons (Fsp3) is 0.133. The lowest BCUT2D eigenvalue weighted by Gasteiger charge is -2.08. The Morgan fingerprint density at radius 2 is 0.892 bits per heavy atom. The van der Waals surface area contributed by atoms with Crippen molar-refractivity contribution in [2.24, 2.45) is 0 Å². The van der Waals surface area contributed by atoms with Crippen LogP contribution in [0.2, 0.25) is 0 Å². The van der Waals surface area contributed by atoms with Gasteiger partial charge in [-0.15, -0.1) is 23.5 Å².